The molecule has 0 spiro atoms. The van der Waals surface area contributed by atoms with Crippen LogP contribution in [0, 0.1) is 0 Å². The van der Waals surface area contributed by atoms with Gasteiger partial charge in [0.25, 0.3) is 0 Å². The normalized spacial score (nSPS) is 12.0. The SMILES string of the molecule is CC(=O)NC(Cc1ccccc1)C(=O)NC(Cc1ccccc1)C(=O)NCCNC(=O)CCC=O. The summed E-state index contributed by atoms with van der Waals surface area (Å²) in [6.45, 7) is 1.69. The molecule has 4 amide bonds. The van der Waals surface area contributed by atoms with E-state index in [1.54, 1.807) is 0 Å². The lowest BCUT2D eigenvalue weighted by molar-refractivity contribution is -0.131. The topological polar surface area (TPSA) is 133 Å². The van der Waals surface area contributed by atoms with Crippen molar-refractivity contribution in [1.29, 1.82) is 0 Å². The number of benzene rings is 2. The smallest absolute Gasteiger partial charge is 0.243 e. The van der Waals surface area contributed by atoms with Crippen LogP contribution in [0.5, 0.6) is 0 Å². The molecule has 0 saturated heterocycles. The Bertz CT molecular complexity index is 982. The maximum atomic E-state index is 13.1. The molecule has 0 radical (unpaired) electrons. The van der Waals surface area contributed by atoms with Crippen LogP contribution in [0.3, 0.4) is 0 Å². The van der Waals surface area contributed by atoms with Crippen LogP contribution in [0.1, 0.15) is 30.9 Å². The summed E-state index contributed by atoms with van der Waals surface area (Å²) in [7, 11) is 0. The highest BCUT2D eigenvalue weighted by molar-refractivity contribution is 5.92. The first-order chi connectivity index (χ1) is 16.9. The number of nitrogens with one attached hydrogen (secondary N) is 4. The third kappa shape index (κ3) is 10.6. The van der Waals surface area contributed by atoms with E-state index < -0.39 is 23.9 Å². The highest BCUT2D eigenvalue weighted by Crippen LogP contribution is 2.07. The molecule has 0 fully saturated rings. The van der Waals surface area contributed by atoms with Gasteiger partial charge in [-0.25, -0.2) is 0 Å². The van der Waals surface area contributed by atoms with E-state index in [4.69, 9.17) is 0 Å². The lowest BCUT2D eigenvalue weighted by Gasteiger charge is -2.23. The number of carbonyl (C=O) groups excluding carboxylic acids is 5. The number of aldehydes is 1. The zero-order valence-corrected chi connectivity index (χ0v) is 19.8. The van der Waals surface area contributed by atoms with Crippen molar-refractivity contribution in [3.05, 3.63) is 71.8 Å². The van der Waals surface area contributed by atoms with Gasteiger partial charge in [0.05, 0.1) is 0 Å². The molecule has 0 heterocycles. The molecule has 0 aliphatic carbocycles. The van der Waals surface area contributed by atoms with E-state index in [9.17, 15) is 24.0 Å². The first-order valence-corrected chi connectivity index (χ1v) is 11.5. The molecule has 0 aliphatic rings. The highest BCUT2D eigenvalue weighted by atomic mass is 16.2. The van der Waals surface area contributed by atoms with Gasteiger partial charge in [-0.15, -0.1) is 0 Å². The fourth-order valence-electron chi connectivity index (χ4n) is 3.43. The number of rotatable bonds is 14. The maximum absolute atomic E-state index is 13.1. The molecular formula is C26H32N4O5. The molecule has 186 valence electrons. The second-order valence-electron chi connectivity index (χ2n) is 8.04. The molecule has 2 unspecified atom stereocenters. The van der Waals surface area contributed by atoms with Crippen LogP contribution in [0.2, 0.25) is 0 Å². The van der Waals surface area contributed by atoms with Crippen LogP contribution < -0.4 is 21.3 Å². The summed E-state index contributed by atoms with van der Waals surface area (Å²) in [5.41, 5.74) is 1.73. The first kappa shape index (κ1) is 27.2. The van der Waals surface area contributed by atoms with Crippen molar-refractivity contribution in [1.82, 2.24) is 21.3 Å². The van der Waals surface area contributed by atoms with Crippen LogP contribution in [0.25, 0.3) is 0 Å². The van der Waals surface area contributed by atoms with Gasteiger partial charge in [-0.2, -0.15) is 0 Å². The molecule has 0 bridgehead atoms. The van der Waals surface area contributed by atoms with Gasteiger partial charge in [0, 0.05) is 45.7 Å². The van der Waals surface area contributed by atoms with E-state index in [0.717, 1.165) is 11.1 Å². The van der Waals surface area contributed by atoms with Crippen LogP contribution >= 0.6 is 0 Å². The average Bonchev–Trinajstić information content (AvgIpc) is 2.85. The molecule has 2 atom stereocenters. The fourth-order valence-corrected chi connectivity index (χ4v) is 3.43. The van der Waals surface area contributed by atoms with Gasteiger partial charge >= 0.3 is 0 Å². The van der Waals surface area contributed by atoms with Crippen molar-refractivity contribution >= 4 is 29.9 Å². The standard InChI is InChI=1S/C26H32N4O5/c1-19(32)29-23(18-21-11-6-3-7-12-21)26(35)30-22(17-20-9-4-2-5-10-20)25(34)28-15-14-27-24(33)13-8-16-31/h2-7,9-12,16,22-23H,8,13-15,17-18H2,1H3,(H,27,33)(H,28,34)(H,29,32)(H,30,35). The summed E-state index contributed by atoms with van der Waals surface area (Å²) in [6.07, 6.45) is 1.43. The van der Waals surface area contributed by atoms with Crippen molar-refractivity contribution in [3.63, 3.8) is 0 Å². The van der Waals surface area contributed by atoms with Crippen molar-refractivity contribution in [2.24, 2.45) is 0 Å². The molecule has 9 nitrogen and oxygen atoms in total. The summed E-state index contributed by atoms with van der Waals surface area (Å²) in [5.74, 6) is -1.51. The molecule has 2 aromatic carbocycles. The van der Waals surface area contributed by atoms with Gasteiger partial charge in [-0.1, -0.05) is 60.7 Å². The molecule has 35 heavy (non-hydrogen) atoms. The number of carbonyl (C=O) groups is 5. The minimum Gasteiger partial charge on any atom is -0.354 e. The van der Waals surface area contributed by atoms with Crippen molar-refractivity contribution < 1.29 is 24.0 Å². The van der Waals surface area contributed by atoms with Gasteiger partial charge in [-0.05, 0) is 11.1 Å². The van der Waals surface area contributed by atoms with Crippen LogP contribution in [-0.4, -0.2) is 55.1 Å². The van der Waals surface area contributed by atoms with Gasteiger partial charge in [0.15, 0.2) is 0 Å². The lowest BCUT2D eigenvalue weighted by Crippen LogP contribution is -2.55. The Morgan fingerprint density at radius 3 is 1.77 bits per heavy atom. The molecule has 0 aliphatic heterocycles. The zero-order chi connectivity index (χ0) is 25.5. The van der Waals surface area contributed by atoms with E-state index in [-0.39, 0.29) is 50.6 Å². The van der Waals surface area contributed by atoms with Gasteiger partial charge in [0.2, 0.25) is 23.6 Å². The molecular weight excluding hydrogens is 448 g/mol. The number of amides is 4. The third-order valence-corrected chi connectivity index (χ3v) is 5.13. The fraction of sp³-hybridized carbons (Fsp3) is 0.346. The summed E-state index contributed by atoms with van der Waals surface area (Å²) < 4.78 is 0. The van der Waals surface area contributed by atoms with Gasteiger partial charge in [-0.3, -0.25) is 19.2 Å². The minimum absolute atomic E-state index is 0.0933. The maximum Gasteiger partial charge on any atom is 0.243 e. The summed E-state index contributed by atoms with van der Waals surface area (Å²) in [5, 5.41) is 10.8. The van der Waals surface area contributed by atoms with E-state index in [0.29, 0.717) is 6.29 Å². The van der Waals surface area contributed by atoms with E-state index in [2.05, 4.69) is 21.3 Å². The van der Waals surface area contributed by atoms with Crippen LogP contribution in [0.15, 0.2) is 60.7 Å². The monoisotopic (exact) mass is 480 g/mol. The van der Waals surface area contributed by atoms with E-state index in [1.807, 2.05) is 60.7 Å². The van der Waals surface area contributed by atoms with E-state index >= 15 is 0 Å². The van der Waals surface area contributed by atoms with Gasteiger partial charge in [0.1, 0.15) is 18.4 Å². The Kier molecular flexibility index (Phi) is 11.7. The largest absolute Gasteiger partial charge is 0.354 e. The van der Waals surface area contributed by atoms with Gasteiger partial charge < -0.3 is 26.1 Å². The minimum atomic E-state index is -0.886. The zero-order valence-electron chi connectivity index (χ0n) is 19.8. The van der Waals surface area contributed by atoms with Crippen LogP contribution in [-0.2, 0) is 36.8 Å². The van der Waals surface area contributed by atoms with Crippen molar-refractivity contribution in [2.45, 2.75) is 44.7 Å². The first-order valence-electron chi connectivity index (χ1n) is 11.5. The third-order valence-electron chi connectivity index (χ3n) is 5.13. The lowest BCUT2D eigenvalue weighted by atomic mass is 10.0. The number of hydrogen-bond acceptors (Lipinski definition) is 5. The Morgan fingerprint density at radius 2 is 1.26 bits per heavy atom. The second kappa shape index (κ2) is 15.0. The predicted molar refractivity (Wildman–Crippen MR) is 131 cm³/mol. The molecule has 2 aromatic rings. The van der Waals surface area contributed by atoms with Crippen molar-refractivity contribution in [2.75, 3.05) is 13.1 Å². The van der Waals surface area contributed by atoms with E-state index in [1.165, 1.54) is 6.92 Å². The molecule has 4 N–H and O–H groups in total. The summed E-state index contributed by atoms with van der Waals surface area (Å²) in [6, 6.07) is 16.8. The predicted octanol–water partition coefficient (Wildman–Crippen LogP) is 0.673. The Labute approximate surface area is 205 Å². The highest BCUT2D eigenvalue weighted by Gasteiger charge is 2.26. The second-order valence-corrected chi connectivity index (χ2v) is 8.04. The van der Waals surface area contributed by atoms with Crippen molar-refractivity contribution in [3.8, 4) is 0 Å². The summed E-state index contributed by atoms with van der Waals surface area (Å²) >= 11 is 0. The summed E-state index contributed by atoms with van der Waals surface area (Å²) in [4.78, 5) is 59.7. The molecule has 9 heteroatoms. The molecule has 0 aromatic heterocycles. The Hall–Kier alpha value is -4.01. The average molecular weight is 481 g/mol. The quantitative estimate of drug-likeness (QED) is 0.233. The molecule has 2 rings (SSSR count). The van der Waals surface area contributed by atoms with Crippen LogP contribution in [0.4, 0.5) is 0 Å². The Morgan fingerprint density at radius 1 is 0.743 bits per heavy atom. The Balaban J connectivity index is 2.04. The molecule has 0 saturated carbocycles. The number of hydrogen-bond donors (Lipinski definition) is 4.